The van der Waals surface area contributed by atoms with E-state index in [4.69, 9.17) is 4.74 Å². The van der Waals surface area contributed by atoms with Crippen LogP contribution in [0.1, 0.15) is 37.0 Å². The second-order valence-corrected chi connectivity index (χ2v) is 4.42. The van der Waals surface area contributed by atoms with Gasteiger partial charge >= 0.3 is 5.97 Å². The van der Waals surface area contributed by atoms with Gasteiger partial charge in [-0.25, -0.2) is 4.79 Å². The second kappa shape index (κ2) is 8.19. The number of amides is 1. The molecule has 5 nitrogen and oxygen atoms in total. The Bertz CT molecular complexity index is 442. The zero-order valence-corrected chi connectivity index (χ0v) is 12.1. The molecule has 0 aliphatic rings. The van der Waals surface area contributed by atoms with E-state index in [0.717, 1.165) is 12.8 Å². The molecule has 0 aliphatic carbocycles. The molecule has 1 aromatic rings. The van der Waals surface area contributed by atoms with E-state index in [0.29, 0.717) is 17.9 Å². The van der Waals surface area contributed by atoms with Crippen molar-refractivity contribution in [2.45, 2.75) is 32.8 Å². The number of ether oxygens (including phenoxy) is 2. The molecule has 0 saturated carbocycles. The van der Waals surface area contributed by atoms with Gasteiger partial charge < -0.3 is 14.8 Å². The predicted molar refractivity (Wildman–Crippen MR) is 75.8 cm³/mol. The van der Waals surface area contributed by atoms with Gasteiger partial charge in [0.25, 0.3) is 5.91 Å². The van der Waals surface area contributed by atoms with Gasteiger partial charge in [-0.15, -0.1) is 0 Å². The van der Waals surface area contributed by atoms with E-state index >= 15 is 0 Å². The van der Waals surface area contributed by atoms with Crippen LogP contribution in [0.4, 0.5) is 0 Å². The predicted octanol–water partition coefficient (Wildman–Crippen LogP) is 2.16. The Hall–Kier alpha value is -2.04. The molecule has 0 aromatic heterocycles. The van der Waals surface area contributed by atoms with Crippen molar-refractivity contribution in [1.29, 1.82) is 0 Å². The number of methoxy groups -OCH3 is 1. The van der Waals surface area contributed by atoms with E-state index in [1.807, 2.05) is 0 Å². The van der Waals surface area contributed by atoms with Crippen LogP contribution in [0.25, 0.3) is 0 Å². The number of carbonyl (C=O) groups is 2. The monoisotopic (exact) mass is 279 g/mol. The van der Waals surface area contributed by atoms with Crippen LogP contribution in [-0.4, -0.2) is 31.6 Å². The molecule has 1 amide bonds. The number of carbonyl (C=O) groups excluding carboxylic acids is 2. The zero-order chi connectivity index (χ0) is 15.0. The molecule has 0 aliphatic heterocycles. The SMILES string of the molecule is CCCCNC(=O)C(C)Oc1ccc(C(=O)OC)cc1. The van der Waals surface area contributed by atoms with Crippen LogP contribution in [0.2, 0.25) is 0 Å². The summed E-state index contributed by atoms with van der Waals surface area (Å²) in [6.45, 7) is 4.41. The zero-order valence-electron chi connectivity index (χ0n) is 12.1. The van der Waals surface area contributed by atoms with Crippen molar-refractivity contribution >= 4 is 11.9 Å². The minimum Gasteiger partial charge on any atom is -0.481 e. The van der Waals surface area contributed by atoms with E-state index in [-0.39, 0.29) is 5.91 Å². The number of rotatable bonds is 7. The van der Waals surface area contributed by atoms with Gasteiger partial charge in [-0.3, -0.25) is 4.79 Å². The van der Waals surface area contributed by atoms with E-state index < -0.39 is 12.1 Å². The fraction of sp³-hybridized carbons (Fsp3) is 0.467. The molecule has 110 valence electrons. The summed E-state index contributed by atoms with van der Waals surface area (Å²) in [6, 6.07) is 6.48. The Labute approximate surface area is 119 Å². The smallest absolute Gasteiger partial charge is 0.337 e. The van der Waals surface area contributed by atoms with Gasteiger partial charge in [-0.1, -0.05) is 13.3 Å². The number of hydrogen-bond donors (Lipinski definition) is 1. The molecular formula is C15H21NO4. The van der Waals surface area contributed by atoms with Crippen molar-refractivity contribution < 1.29 is 19.1 Å². The van der Waals surface area contributed by atoms with E-state index in [1.54, 1.807) is 31.2 Å². The summed E-state index contributed by atoms with van der Waals surface area (Å²) < 4.78 is 10.1. The number of nitrogens with one attached hydrogen (secondary N) is 1. The van der Waals surface area contributed by atoms with Crippen molar-refractivity contribution in [3.63, 3.8) is 0 Å². The molecule has 1 aromatic carbocycles. The van der Waals surface area contributed by atoms with Gasteiger partial charge in [-0.2, -0.15) is 0 Å². The summed E-state index contributed by atoms with van der Waals surface area (Å²) in [5.74, 6) is -0.00630. The molecule has 0 spiro atoms. The first-order chi connectivity index (χ1) is 9.58. The molecular weight excluding hydrogens is 258 g/mol. The topological polar surface area (TPSA) is 64.6 Å². The van der Waals surface area contributed by atoms with Crippen LogP contribution in [-0.2, 0) is 9.53 Å². The summed E-state index contributed by atoms with van der Waals surface area (Å²) in [5, 5.41) is 2.80. The highest BCUT2D eigenvalue weighted by molar-refractivity contribution is 5.89. The lowest BCUT2D eigenvalue weighted by atomic mass is 10.2. The van der Waals surface area contributed by atoms with Crippen molar-refractivity contribution in [3.8, 4) is 5.75 Å². The molecule has 0 bridgehead atoms. The van der Waals surface area contributed by atoms with Crippen LogP contribution < -0.4 is 10.1 Å². The van der Waals surface area contributed by atoms with Gasteiger partial charge in [0.15, 0.2) is 6.10 Å². The van der Waals surface area contributed by atoms with Gasteiger partial charge in [0, 0.05) is 6.54 Å². The van der Waals surface area contributed by atoms with Gasteiger partial charge in [0.1, 0.15) is 5.75 Å². The van der Waals surface area contributed by atoms with Crippen molar-refractivity contribution in [3.05, 3.63) is 29.8 Å². The molecule has 0 heterocycles. The summed E-state index contributed by atoms with van der Waals surface area (Å²) in [5.41, 5.74) is 0.444. The van der Waals surface area contributed by atoms with Crippen LogP contribution in [0.15, 0.2) is 24.3 Å². The highest BCUT2D eigenvalue weighted by atomic mass is 16.5. The minimum absolute atomic E-state index is 0.143. The number of hydrogen-bond acceptors (Lipinski definition) is 4. The van der Waals surface area contributed by atoms with Crippen molar-refractivity contribution in [2.75, 3.05) is 13.7 Å². The maximum Gasteiger partial charge on any atom is 0.337 e. The first-order valence-electron chi connectivity index (χ1n) is 6.71. The first kappa shape index (κ1) is 16.0. The number of benzene rings is 1. The summed E-state index contributed by atoms with van der Waals surface area (Å²) in [7, 11) is 1.33. The van der Waals surface area contributed by atoms with E-state index in [2.05, 4.69) is 17.0 Å². The Kier molecular flexibility index (Phi) is 6.56. The lowest BCUT2D eigenvalue weighted by molar-refractivity contribution is -0.127. The highest BCUT2D eigenvalue weighted by Gasteiger charge is 2.14. The molecule has 1 unspecified atom stereocenters. The average molecular weight is 279 g/mol. The highest BCUT2D eigenvalue weighted by Crippen LogP contribution is 2.14. The van der Waals surface area contributed by atoms with Gasteiger partial charge in [0.2, 0.25) is 0 Å². The van der Waals surface area contributed by atoms with Crippen molar-refractivity contribution in [1.82, 2.24) is 5.32 Å². The molecule has 5 heteroatoms. The molecule has 1 rings (SSSR count). The van der Waals surface area contributed by atoms with Crippen LogP contribution in [0.3, 0.4) is 0 Å². The molecule has 1 N–H and O–H groups in total. The van der Waals surface area contributed by atoms with Crippen LogP contribution in [0, 0.1) is 0 Å². The Morgan fingerprint density at radius 3 is 2.45 bits per heavy atom. The third-order valence-corrected chi connectivity index (χ3v) is 2.79. The summed E-state index contributed by atoms with van der Waals surface area (Å²) >= 11 is 0. The van der Waals surface area contributed by atoms with Crippen LogP contribution in [0.5, 0.6) is 5.75 Å². The molecule has 1 atom stereocenters. The third-order valence-electron chi connectivity index (χ3n) is 2.79. The van der Waals surface area contributed by atoms with Gasteiger partial charge in [-0.05, 0) is 37.6 Å². The van der Waals surface area contributed by atoms with Crippen LogP contribution >= 0.6 is 0 Å². The molecule has 0 fully saturated rings. The van der Waals surface area contributed by atoms with E-state index in [1.165, 1.54) is 7.11 Å². The summed E-state index contributed by atoms with van der Waals surface area (Å²) in [4.78, 5) is 23.0. The van der Waals surface area contributed by atoms with Gasteiger partial charge in [0.05, 0.1) is 12.7 Å². The third kappa shape index (κ3) is 4.91. The minimum atomic E-state index is -0.573. The van der Waals surface area contributed by atoms with Crippen molar-refractivity contribution in [2.24, 2.45) is 0 Å². The molecule has 0 saturated heterocycles. The molecule has 20 heavy (non-hydrogen) atoms. The largest absolute Gasteiger partial charge is 0.481 e. The average Bonchev–Trinajstić information content (AvgIpc) is 2.47. The maximum absolute atomic E-state index is 11.7. The number of unbranched alkanes of at least 4 members (excludes halogenated alkanes) is 1. The quantitative estimate of drug-likeness (QED) is 0.613. The fourth-order valence-electron chi connectivity index (χ4n) is 1.58. The number of esters is 1. The first-order valence-corrected chi connectivity index (χ1v) is 6.71. The lowest BCUT2D eigenvalue weighted by Gasteiger charge is -2.14. The Balaban J connectivity index is 2.51. The Morgan fingerprint density at radius 2 is 1.90 bits per heavy atom. The standard InChI is InChI=1S/C15H21NO4/c1-4-5-10-16-14(17)11(2)20-13-8-6-12(7-9-13)15(18)19-3/h6-9,11H,4-5,10H2,1-3H3,(H,16,17). The summed E-state index contributed by atoms with van der Waals surface area (Å²) in [6.07, 6.45) is 1.41. The molecule has 0 radical (unpaired) electrons. The lowest BCUT2D eigenvalue weighted by Crippen LogP contribution is -2.36. The Morgan fingerprint density at radius 1 is 1.25 bits per heavy atom. The second-order valence-electron chi connectivity index (χ2n) is 4.42. The normalized spacial score (nSPS) is 11.6. The van der Waals surface area contributed by atoms with E-state index in [9.17, 15) is 9.59 Å². The maximum atomic E-state index is 11.7. The fourth-order valence-corrected chi connectivity index (χ4v) is 1.58.